The topological polar surface area (TPSA) is 84.9 Å². The molecular weight excluding hydrogens is 428 g/mol. The zero-order valence-corrected chi connectivity index (χ0v) is 18.5. The fourth-order valence-corrected chi connectivity index (χ4v) is 4.81. The number of benzene rings is 3. The second-order valence-corrected chi connectivity index (χ2v) is 9.17. The van der Waals surface area contributed by atoms with Gasteiger partial charge < -0.3 is 14.8 Å². The molecule has 1 N–H and O–H groups in total. The van der Waals surface area contributed by atoms with Gasteiger partial charge in [-0.2, -0.15) is 0 Å². The molecule has 0 saturated carbocycles. The molecule has 3 aromatic rings. The molecule has 1 aliphatic heterocycles. The number of carbonyl (C=O) groups is 1. The monoisotopic (exact) mass is 452 g/mol. The van der Waals surface area contributed by atoms with Gasteiger partial charge in [-0.15, -0.1) is 0 Å². The van der Waals surface area contributed by atoms with Crippen molar-refractivity contribution in [2.24, 2.45) is 0 Å². The van der Waals surface area contributed by atoms with Gasteiger partial charge in [0.25, 0.3) is 10.0 Å². The van der Waals surface area contributed by atoms with E-state index in [-0.39, 0.29) is 24.8 Å². The summed E-state index contributed by atoms with van der Waals surface area (Å²) in [6.45, 7) is 2.10. The Hall–Kier alpha value is -3.52. The average molecular weight is 453 g/mol. The number of aryl methyl sites for hydroxylation is 1. The molecule has 0 radical (unpaired) electrons. The first kappa shape index (κ1) is 21.7. The van der Waals surface area contributed by atoms with E-state index in [1.54, 1.807) is 42.5 Å². The van der Waals surface area contributed by atoms with E-state index in [9.17, 15) is 13.2 Å². The van der Waals surface area contributed by atoms with Crippen LogP contribution in [-0.2, 0) is 27.8 Å². The van der Waals surface area contributed by atoms with Crippen molar-refractivity contribution in [1.82, 2.24) is 5.32 Å². The summed E-state index contributed by atoms with van der Waals surface area (Å²) in [6.07, 6.45) is 0.835. The van der Waals surface area contributed by atoms with Crippen LogP contribution >= 0.6 is 0 Å². The minimum Gasteiger partial charge on any atom is -0.454 e. The maximum atomic E-state index is 13.3. The fraction of sp³-hybridized carbons (Fsp3) is 0.208. The molecule has 0 unspecified atom stereocenters. The van der Waals surface area contributed by atoms with Crippen molar-refractivity contribution in [3.05, 3.63) is 83.9 Å². The number of fused-ring (bicyclic) bond motifs is 1. The van der Waals surface area contributed by atoms with Gasteiger partial charge in [-0.25, -0.2) is 8.42 Å². The van der Waals surface area contributed by atoms with Crippen LogP contribution in [0.5, 0.6) is 11.5 Å². The van der Waals surface area contributed by atoms with Crippen LogP contribution in [0.15, 0.2) is 77.7 Å². The van der Waals surface area contributed by atoms with Crippen molar-refractivity contribution >= 4 is 21.6 Å². The normalized spacial score (nSPS) is 12.4. The third-order valence-corrected chi connectivity index (χ3v) is 6.97. The standard InChI is InChI=1S/C24H24N2O5S/c1-2-18-8-11-20(12-9-18)26(32(28,29)21-6-4-3-5-7-21)16-24(27)25-15-19-10-13-22-23(14-19)31-17-30-22/h3-14H,2,15-17H2,1H3,(H,25,27). The number of amides is 1. The second kappa shape index (κ2) is 9.32. The fourth-order valence-electron chi connectivity index (χ4n) is 3.37. The number of hydrogen-bond donors (Lipinski definition) is 1. The molecule has 0 spiro atoms. The number of nitrogens with zero attached hydrogens (tertiary/aromatic N) is 1. The van der Waals surface area contributed by atoms with E-state index in [4.69, 9.17) is 9.47 Å². The molecule has 0 atom stereocenters. The lowest BCUT2D eigenvalue weighted by atomic mass is 10.1. The van der Waals surface area contributed by atoms with E-state index in [2.05, 4.69) is 5.32 Å². The van der Waals surface area contributed by atoms with E-state index in [0.29, 0.717) is 17.2 Å². The summed E-state index contributed by atoms with van der Waals surface area (Å²) in [7, 11) is -3.92. The lowest BCUT2D eigenvalue weighted by Gasteiger charge is -2.24. The van der Waals surface area contributed by atoms with Crippen molar-refractivity contribution < 1.29 is 22.7 Å². The van der Waals surface area contributed by atoms with Crippen molar-refractivity contribution in [2.75, 3.05) is 17.6 Å². The van der Waals surface area contributed by atoms with Crippen molar-refractivity contribution in [2.45, 2.75) is 24.8 Å². The Kier molecular flexibility index (Phi) is 6.32. The number of rotatable bonds is 8. The maximum absolute atomic E-state index is 13.3. The molecule has 0 saturated heterocycles. The Balaban J connectivity index is 1.53. The molecule has 1 amide bonds. The third kappa shape index (κ3) is 4.70. The van der Waals surface area contributed by atoms with Crippen LogP contribution in [0.1, 0.15) is 18.1 Å². The molecule has 3 aromatic carbocycles. The quantitative estimate of drug-likeness (QED) is 0.566. The van der Waals surface area contributed by atoms with Gasteiger partial charge in [0.2, 0.25) is 12.7 Å². The summed E-state index contributed by atoms with van der Waals surface area (Å²) < 4.78 is 38.5. The summed E-state index contributed by atoms with van der Waals surface area (Å²) in [6, 6.07) is 20.7. The highest BCUT2D eigenvalue weighted by Gasteiger charge is 2.27. The van der Waals surface area contributed by atoms with Crippen LogP contribution in [0.25, 0.3) is 0 Å². The molecule has 0 aliphatic carbocycles. The molecule has 0 aromatic heterocycles. The van der Waals surface area contributed by atoms with Gasteiger partial charge in [0.05, 0.1) is 10.6 Å². The highest BCUT2D eigenvalue weighted by atomic mass is 32.2. The molecule has 0 bridgehead atoms. The minimum atomic E-state index is -3.92. The van der Waals surface area contributed by atoms with Gasteiger partial charge in [0.15, 0.2) is 11.5 Å². The summed E-state index contributed by atoms with van der Waals surface area (Å²) in [4.78, 5) is 12.9. The van der Waals surface area contributed by atoms with Crippen LogP contribution in [-0.4, -0.2) is 27.7 Å². The molecular formula is C24H24N2O5S. The maximum Gasteiger partial charge on any atom is 0.264 e. The number of sulfonamides is 1. The number of anilines is 1. The van der Waals surface area contributed by atoms with Gasteiger partial charge in [-0.3, -0.25) is 9.10 Å². The highest BCUT2D eigenvalue weighted by molar-refractivity contribution is 7.92. The lowest BCUT2D eigenvalue weighted by molar-refractivity contribution is -0.119. The number of nitrogens with one attached hydrogen (secondary N) is 1. The molecule has 166 valence electrons. The zero-order valence-electron chi connectivity index (χ0n) is 17.7. The molecule has 1 heterocycles. The Morgan fingerprint density at radius 2 is 1.62 bits per heavy atom. The number of ether oxygens (including phenoxy) is 2. The van der Waals surface area contributed by atoms with Gasteiger partial charge in [-0.05, 0) is 53.9 Å². The van der Waals surface area contributed by atoms with Gasteiger partial charge in [0.1, 0.15) is 6.54 Å². The minimum absolute atomic E-state index is 0.128. The van der Waals surface area contributed by atoms with E-state index >= 15 is 0 Å². The van der Waals surface area contributed by atoms with E-state index in [0.717, 1.165) is 21.9 Å². The van der Waals surface area contributed by atoms with Crippen LogP contribution in [0, 0.1) is 0 Å². The molecule has 32 heavy (non-hydrogen) atoms. The van der Waals surface area contributed by atoms with Crippen molar-refractivity contribution in [3.63, 3.8) is 0 Å². The smallest absolute Gasteiger partial charge is 0.264 e. The van der Waals surface area contributed by atoms with Gasteiger partial charge >= 0.3 is 0 Å². The second-order valence-electron chi connectivity index (χ2n) is 7.31. The zero-order chi connectivity index (χ0) is 22.6. The third-order valence-electron chi connectivity index (χ3n) is 5.18. The van der Waals surface area contributed by atoms with Crippen LogP contribution in [0.2, 0.25) is 0 Å². The summed E-state index contributed by atoms with van der Waals surface area (Å²) in [5.74, 6) is 0.874. The SMILES string of the molecule is CCc1ccc(N(CC(=O)NCc2ccc3c(c2)OCO3)S(=O)(=O)c2ccccc2)cc1. The summed E-state index contributed by atoms with van der Waals surface area (Å²) in [5.41, 5.74) is 2.34. The first-order chi connectivity index (χ1) is 15.5. The van der Waals surface area contributed by atoms with E-state index in [1.165, 1.54) is 12.1 Å². The Morgan fingerprint density at radius 3 is 2.34 bits per heavy atom. The molecule has 1 aliphatic rings. The predicted octanol–water partition coefficient (Wildman–Crippen LogP) is 3.49. The largest absolute Gasteiger partial charge is 0.454 e. The number of carbonyl (C=O) groups excluding carboxylic acids is 1. The summed E-state index contributed by atoms with van der Waals surface area (Å²) in [5, 5.41) is 2.80. The van der Waals surface area contributed by atoms with Crippen molar-refractivity contribution in [1.29, 1.82) is 0 Å². The van der Waals surface area contributed by atoms with Crippen LogP contribution < -0.4 is 19.1 Å². The highest BCUT2D eigenvalue weighted by Crippen LogP contribution is 2.32. The Bertz CT molecular complexity index is 1190. The van der Waals surface area contributed by atoms with Crippen LogP contribution in [0.3, 0.4) is 0 Å². The molecule has 0 fully saturated rings. The van der Waals surface area contributed by atoms with Crippen LogP contribution in [0.4, 0.5) is 5.69 Å². The molecule has 4 rings (SSSR count). The van der Waals surface area contributed by atoms with Gasteiger partial charge in [0, 0.05) is 6.54 Å². The van der Waals surface area contributed by atoms with Crippen molar-refractivity contribution in [3.8, 4) is 11.5 Å². The first-order valence-corrected chi connectivity index (χ1v) is 11.7. The average Bonchev–Trinajstić information content (AvgIpc) is 3.30. The van der Waals surface area contributed by atoms with E-state index in [1.807, 2.05) is 25.1 Å². The first-order valence-electron chi connectivity index (χ1n) is 10.3. The number of hydrogen-bond acceptors (Lipinski definition) is 5. The summed E-state index contributed by atoms with van der Waals surface area (Å²) >= 11 is 0. The Labute approximate surface area is 187 Å². The Morgan fingerprint density at radius 1 is 0.938 bits per heavy atom. The molecule has 7 nitrogen and oxygen atoms in total. The van der Waals surface area contributed by atoms with E-state index < -0.39 is 15.9 Å². The lowest BCUT2D eigenvalue weighted by Crippen LogP contribution is -2.40. The van der Waals surface area contributed by atoms with Gasteiger partial charge in [-0.1, -0.05) is 43.3 Å². The predicted molar refractivity (Wildman–Crippen MR) is 121 cm³/mol. The molecule has 8 heteroatoms.